The topological polar surface area (TPSA) is 38.0 Å². The fraction of sp³-hybridized carbons (Fsp3) is 0.114. The molecule has 74 heavy (non-hydrogen) atoms. The van der Waals surface area contributed by atoms with Crippen molar-refractivity contribution in [1.82, 2.24) is 9.13 Å². The predicted octanol–water partition coefficient (Wildman–Crippen LogP) is 19.1. The molecule has 0 atom stereocenters. The van der Waals surface area contributed by atoms with Gasteiger partial charge in [-0.3, -0.25) is 0 Å². The van der Waals surface area contributed by atoms with Gasteiger partial charge in [0.1, 0.15) is 0 Å². The van der Waals surface area contributed by atoms with Crippen LogP contribution in [0.3, 0.4) is 0 Å². The molecule has 2 aromatic heterocycles. The zero-order chi connectivity index (χ0) is 51.1. The van der Waals surface area contributed by atoms with Crippen molar-refractivity contribution in [3.8, 4) is 73.1 Å². The van der Waals surface area contributed by atoms with Gasteiger partial charge in [0.25, 0.3) is 0 Å². The monoisotopic (exact) mass is 950 g/mol. The van der Waals surface area contributed by atoms with Crippen LogP contribution in [0.15, 0.2) is 182 Å². The lowest BCUT2D eigenvalue weighted by molar-refractivity contribution is 1.15. The first-order valence-electron chi connectivity index (χ1n) is 25.4. The lowest BCUT2D eigenvalue weighted by Gasteiger charge is -2.20. The molecule has 0 radical (unpaired) electrons. The number of nitriles is 1. The Hall–Kier alpha value is -9.22. The van der Waals surface area contributed by atoms with Crippen LogP contribution in [0.5, 0.6) is 0 Å². The maximum Gasteiger partial charge on any atom is 0.234 e. The Labute approximate surface area is 433 Å². The van der Waals surface area contributed by atoms with E-state index in [1.54, 1.807) is 0 Å². The van der Waals surface area contributed by atoms with E-state index in [-0.39, 0.29) is 0 Å². The number of nitrogens with zero attached hydrogens (tertiary/aromatic N) is 4. The highest BCUT2D eigenvalue weighted by atomic mass is 15.1. The van der Waals surface area contributed by atoms with Gasteiger partial charge in [-0.05, 0) is 200 Å². The van der Waals surface area contributed by atoms with E-state index in [1.807, 2.05) is 18.2 Å². The van der Waals surface area contributed by atoms with Gasteiger partial charge in [0.05, 0.1) is 51.6 Å². The van der Waals surface area contributed by atoms with Gasteiger partial charge < -0.3 is 9.13 Å². The van der Waals surface area contributed by atoms with Crippen molar-refractivity contribution in [3.05, 3.63) is 243 Å². The van der Waals surface area contributed by atoms with Crippen molar-refractivity contribution in [3.63, 3.8) is 0 Å². The van der Waals surface area contributed by atoms with Crippen molar-refractivity contribution in [2.45, 2.75) is 55.4 Å². The Morgan fingerprint density at radius 2 is 0.716 bits per heavy atom. The molecular weight excluding hydrogens is 897 g/mol. The largest absolute Gasteiger partial charge is 0.319 e. The van der Waals surface area contributed by atoms with E-state index < -0.39 is 0 Å². The summed E-state index contributed by atoms with van der Waals surface area (Å²) in [6.45, 7) is 26.7. The number of fused-ring (bicyclic) bond motifs is 6. The Kier molecular flexibility index (Phi) is 11.0. The normalized spacial score (nSPS) is 11.5. The molecule has 0 spiro atoms. The van der Waals surface area contributed by atoms with Crippen molar-refractivity contribution in [1.29, 1.82) is 5.26 Å². The summed E-state index contributed by atoms with van der Waals surface area (Å²) in [5.41, 5.74) is 27.5. The van der Waals surface area contributed by atoms with E-state index in [1.165, 1.54) is 66.8 Å². The predicted molar refractivity (Wildman–Crippen MR) is 311 cm³/mol. The summed E-state index contributed by atoms with van der Waals surface area (Å²) in [4.78, 5) is 4.62. The third kappa shape index (κ3) is 7.58. The standard InChI is InChI=1S/C70H54N4/c1-41-13-21-55(45(5)31-41)51-17-26-64-60(36-51)61-37-52(56-22-14-42(2)32-46(56)6)18-27-65(61)73(64)68-30-25-59(50-12-10-11-49(35-50)40-71)70(69(68)72-9)74-66-28-19-53(57-23-15-43(3)33-47(57)7)38-62(66)63-39-54(20-29-67(63)74)58-24-16-44(4)34-48(58)8/h10-39H,1-8H3. The molecule has 2 heterocycles. The van der Waals surface area contributed by atoms with Crippen LogP contribution in [0, 0.1) is 73.3 Å². The molecule has 0 unspecified atom stereocenters. The Balaban J connectivity index is 1.19. The molecule has 0 bridgehead atoms. The second-order valence-electron chi connectivity index (χ2n) is 20.5. The molecule has 354 valence electrons. The van der Waals surface area contributed by atoms with Crippen LogP contribution in [-0.4, -0.2) is 9.13 Å². The molecule has 0 N–H and O–H groups in total. The number of benzene rings is 10. The average Bonchev–Trinajstić information content (AvgIpc) is 3.93. The summed E-state index contributed by atoms with van der Waals surface area (Å²) in [6.07, 6.45) is 0. The van der Waals surface area contributed by atoms with E-state index in [0.717, 1.165) is 88.4 Å². The number of rotatable bonds is 7. The summed E-state index contributed by atoms with van der Waals surface area (Å²) in [5.74, 6) is 0. The fourth-order valence-electron chi connectivity index (χ4n) is 11.8. The molecular formula is C70H54N4. The number of aromatic nitrogens is 2. The molecule has 0 aliphatic rings. The van der Waals surface area contributed by atoms with Crippen molar-refractivity contribution in [2.75, 3.05) is 0 Å². The van der Waals surface area contributed by atoms with Gasteiger partial charge in [-0.25, -0.2) is 4.85 Å². The van der Waals surface area contributed by atoms with Crippen LogP contribution in [0.25, 0.3) is 115 Å². The van der Waals surface area contributed by atoms with Crippen LogP contribution in [-0.2, 0) is 0 Å². The van der Waals surface area contributed by atoms with Gasteiger partial charge in [-0.2, -0.15) is 5.26 Å². The highest BCUT2D eigenvalue weighted by Crippen LogP contribution is 2.48. The van der Waals surface area contributed by atoms with Crippen molar-refractivity contribution < 1.29 is 0 Å². The molecule has 0 fully saturated rings. The third-order valence-corrected chi connectivity index (χ3v) is 15.3. The lowest BCUT2D eigenvalue weighted by atomic mass is 9.95. The summed E-state index contributed by atoms with van der Waals surface area (Å²) in [6, 6.07) is 68.3. The van der Waals surface area contributed by atoms with Gasteiger partial charge in [-0.15, -0.1) is 0 Å². The van der Waals surface area contributed by atoms with Crippen LogP contribution >= 0.6 is 0 Å². The van der Waals surface area contributed by atoms with Crippen LogP contribution in [0.1, 0.15) is 50.1 Å². The molecule has 12 rings (SSSR count). The quantitative estimate of drug-likeness (QED) is 0.147. The molecule has 0 saturated heterocycles. The first-order chi connectivity index (χ1) is 35.9. The van der Waals surface area contributed by atoms with Crippen LogP contribution in [0.2, 0.25) is 0 Å². The van der Waals surface area contributed by atoms with Crippen LogP contribution in [0.4, 0.5) is 5.69 Å². The van der Waals surface area contributed by atoms with Crippen molar-refractivity contribution >= 4 is 49.3 Å². The summed E-state index contributed by atoms with van der Waals surface area (Å²) >= 11 is 0. The van der Waals surface area contributed by atoms with E-state index in [9.17, 15) is 11.8 Å². The van der Waals surface area contributed by atoms with Crippen molar-refractivity contribution in [2.24, 2.45) is 0 Å². The molecule has 0 saturated carbocycles. The zero-order valence-electron chi connectivity index (χ0n) is 43.1. The average molecular weight is 951 g/mol. The van der Waals surface area contributed by atoms with Crippen LogP contribution < -0.4 is 0 Å². The molecule has 4 heteroatoms. The summed E-state index contributed by atoms with van der Waals surface area (Å²) in [7, 11) is 0. The second-order valence-corrected chi connectivity index (χ2v) is 20.5. The number of hydrogen-bond acceptors (Lipinski definition) is 1. The molecule has 0 aliphatic carbocycles. The minimum atomic E-state index is 0.510. The van der Waals surface area contributed by atoms with E-state index in [2.05, 4.69) is 239 Å². The Morgan fingerprint density at radius 1 is 0.365 bits per heavy atom. The maximum absolute atomic E-state index is 10.3. The first kappa shape index (κ1) is 45.9. The fourth-order valence-corrected chi connectivity index (χ4v) is 11.8. The summed E-state index contributed by atoms with van der Waals surface area (Å²) < 4.78 is 4.62. The smallest absolute Gasteiger partial charge is 0.234 e. The second kappa shape index (κ2) is 17.8. The van der Waals surface area contributed by atoms with E-state index >= 15 is 0 Å². The van der Waals surface area contributed by atoms with Gasteiger partial charge >= 0.3 is 0 Å². The van der Waals surface area contributed by atoms with E-state index in [0.29, 0.717) is 11.3 Å². The van der Waals surface area contributed by atoms with Gasteiger partial charge in [0, 0.05) is 21.5 Å². The maximum atomic E-state index is 10.3. The molecule has 0 aliphatic heterocycles. The van der Waals surface area contributed by atoms with Gasteiger partial charge in [-0.1, -0.05) is 138 Å². The molecule has 0 amide bonds. The highest BCUT2D eigenvalue weighted by Gasteiger charge is 2.26. The highest BCUT2D eigenvalue weighted by molar-refractivity contribution is 6.15. The first-order valence-corrected chi connectivity index (χ1v) is 25.4. The molecule has 10 aromatic carbocycles. The minimum absolute atomic E-state index is 0.510. The summed E-state index contributed by atoms with van der Waals surface area (Å²) in [5, 5.41) is 14.7. The van der Waals surface area contributed by atoms with Gasteiger partial charge in [0.15, 0.2) is 0 Å². The minimum Gasteiger partial charge on any atom is -0.319 e. The number of aryl methyl sites for hydroxylation is 8. The molecule has 4 nitrogen and oxygen atoms in total. The Morgan fingerprint density at radius 3 is 1.07 bits per heavy atom. The zero-order valence-corrected chi connectivity index (χ0v) is 43.1. The number of hydrogen-bond donors (Lipinski definition) is 0. The third-order valence-electron chi connectivity index (χ3n) is 15.3. The SMILES string of the molecule is [C-]#[N+]c1c(-n2c3ccc(-c4ccc(C)cc4C)cc3c3cc(-c4ccc(C)cc4C)ccc32)ccc(-c2cccc(C#N)c2)c1-n1c2ccc(-c3ccc(C)cc3C)cc2c2cc(-c3ccc(C)cc3C)ccc21. The van der Waals surface area contributed by atoms with Gasteiger partial charge in [0.2, 0.25) is 5.69 Å². The lowest BCUT2D eigenvalue weighted by Crippen LogP contribution is -2.03. The van der Waals surface area contributed by atoms with E-state index in [4.69, 9.17) is 0 Å². The molecule has 12 aromatic rings. The Bertz CT molecular complexity index is 4210.